The Bertz CT molecular complexity index is 530. The average Bonchev–Trinajstić information content (AvgIpc) is 2.76. The first-order chi connectivity index (χ1) is 8.71. The van der Waals surface area contributed by atoms with Gasteiger partial charge in [0.2, 0.25) is 0 Å². The minimum Gasteiger partial charge on any atom is -0.226 e. The highest BCUT2D eigenvalue weighted by atomic mass is 35.5. The molecule has 0 aliphatic heterocycles. The van der Waals surface area contributed by atoms with Crippen LogP contribution in [0.25, 0.3) is 0 Å². The Hall–Kier alpha value is -0.720. The lowest BCUT2D eigenvalue weighted by Crippen LogP contribution is -1.96. The van der Waals surface area contributed by atoms with Gasteiger partial charge in [0.15, 0.2) is 4.34 Å². The summed E-state index contributed by atoms with van der Waals surface area (Å²) in [5, 5.41) is 1.31. The summed E-state index contributed by atoms with van der Waals surface area (Å²) in [4.78, 5) is 13.1. The standard InChI is InChI=1S/C11H13ClN4S2/c1-3-5-9-13-7(12)6-10(14-9)17-11-15-8(4-2)16-18-11/h6H,3-5H2,1-2H3. The molecule has 0 atom stereocenters. The van der Waals surface area contributed by atoms with Crippen molar-refractivity contribution in [3.05, 3.63) is 22.9 Å². The lowest BCUT2D eigenvalue weighted by atomic mass is 10.3. The summed E-state index contributed by atoms with van der Waals surface area (Å²) in [7, 11) is 0. The second-order valence-corrected chi connectivity index (χ2v) is 6.03. The molecular weight excluding hydrogens is 288 g/mol. The summed E-state index contributed by atoms with van der Waals surface area (Å²) >= 11 is 8.87. The SMILES string of the molecule is CCCc1nc(Cl)cc(Sc2nc(CC)ns2)n1. The molecule has 0 aliphatic carbocycles. The maximum absolute atomic E-state index is 5.99. The second kappa shape index (κ2) is 6.45. The highest BCUT2D eigenvalue weighted by Crippen LogP contribution is 2.28. The summed E-state index contributed by atoms with van der Waals surface area (Å²) in [5.41, 5.74) is 0. The number of hydrogen-bond acceptors (Lipinski definition) is 6. The van der Waals surface area contributed by atoms with Crippen molar-refractivity contribution in [2.75, 3.05) is 0 Å². The van der Waals surface area contributed by atoms with Gasteiger partial charge in [-0.2, -0.15) is 4.37 Å². The van der Waals surface area contributed by atoms with Crippen molar-refractivity contribution in [2.24, 2.45) is 0 Å². The number of rotatable bonds is 5. The van der Waals surface area contributed by atoms with Crippen LogP contribution in [0.3, 0.4) is 0 Å². The third-order valence-electron chi connectivity index (χ3n) is 2.15. The molecule has 0 bridgehead atoms. The van der Waals surface area contributed by atoms with Crippen molar-refractivity contribution in [1.29, 1.82) is 0 Å². The van der Waals surface area contributed by atoms with Gasteiger partial charge < -0.3 is 0 Å². The number of halogens is 1. The highest BCUT2D eigenvalue weighted by molar-refractivity contribution is 8.00. The normalized spacial score (nSPS) is 10.8. The number of hydrogen-bond donors (Lipinski definition) is 0. The largest absolute Gasteiger partial charge is 0.226 e. The van der Waals surface area contributed by atoms with Gasteiger partial charge in [-0.1, -0.05) is 25.4 Å². The van der Waals surface area contributed by atoms with E-state index in [2.05, 4.69) is 26.2 Å². The van der Waals surface area contributed by atoms with Crippen LogP contribution < -0.4 is 0 Å². The maximum Gasteiger partial charge on any atom is 0.176 e. The highest BCUT2D eigenvalue weighted by Gasteiger charge is 2.08. The van der Waals surface area contributed by atoms with Gasteiger partial charge >= 0.3 is 0 Å². The fourth-order valence-electron chi connectivity index (χ4n) is 1.34. The second-order valence-electron chi connectivity index (χ2n) is 3.63. The van der Waals surface area contributed by atoms with Gasteiger partial charge in [-0.05, 0) is 29.7 Å². The van der Waals surface area contributed by atoms with E-state index >= 15 is 0 Å². The van der Waals surface area contributed by atoms with Crippen LogP contribution in [0.5, 0.6) is 0 Å². The summed E-state index contributed by atoms with van der Waals surface area (Å²) in [6.45, 7) is 4.13. The molecule has 0 fully saturated rings. The van der Waals surface area contributed by atoms with Crippen LogP contribution in [0.1, 0.15) is 31.9 Å². The summed E-state index contributed by atoms with van der Waals surface area (Å²) in [6.07, 6.45) is 2.69. The van der Waals surface area contributed by atoms with Crippen molar-refractivity contribution in [3.63, 3.8) is 0 Å². The van der Waals surface area contributed by atoms with E-state index in [1.54, 1.807) is 6.07 Å². The topological polar surface area (TPSA) is 51.6 Å². The summed E-state index contributed by atoms with van der Waals surface area (Å²) < 4.78 is 5.14. The molecule has 2 aromatic rings. The zero-order valence-corrected chi connectivity index (χ0v) is 12.6. The summed E-state index contributed by atoms with van der Waals surface area (Å²) in [5.74, 6) is 1.66. The predicted octanol–water partition coefficient (Wildman–Crippen LogP) is 3.65. The van der Waals surface area contributed by atoms with E-state index in [1.807, 2.05) is 6.92 Å². The predicted molar refractivity (Wildman–Crippen MR) is 74.4 cm³/mol. The lowest BCUT2D eigenvalue weighted by Gasteiger charge is -2.01. The Labute approximate surface area is 119 Å². The Kier molecular flexibility index (Phi) is 4.91. The molecule has 7 heteroatoms. The van der Waals surface area contributed by atoms with E-state index < -0.39 is 0 Å². The van der Waals surface area contributed by atoms with Crippen LogP contribution in [0.15, 0.2) is 15.4 Å². The van der Waals surface area contributed by atoms with Crippen LogP contribution in [0.4, 0.5) is 0 Å². The molecule has 0 unspecified atom stereocenters. The van der Waals surface area contributed by atoms with Crippen LogP contribution in [-0.4, -0.2) is 19.3 Å². The van der Waals surface area contributed by atoms with Crippen molar-refractivity contribution in [1.82, 2.24) is 19.3 Å². The Morgan fingerprint density at radius 2 is 2.06 bits per heavy atom. The molecular formula is C11H13ClN4S2. The molecule has 2 heterocycles. The Morgan fingerprint density at radius 1 is 1.22 bits per heavy atom. The van der Waals surface area contributed by atoms with E-state index in [1.165, 1.54) is 23.3 Å². The maximum atomic E-state index is 5.99. The van der Waals surface area contributed by atoms with E-state index in [9.17, 15) is 0 Å². The van der Waals surface area contributed by atoms with Gasteiger partial charge in [-0.3, -0.25) is 0 Å². The first kappa shape index (κ1) is 13.7. The zero-order chi connectivity index (χ0) is 13.0. The first-order valence-electron chi connectivity index (χ1n) is 5.75. The lowest BCUT2D eigenvalue weighted by molar-refractivity contribution is 0.809. The van der Waals surface area contributed by atoms with Gasteiger partial charge in [0, 0.05) is 18.9 Å². The molecule has 18 heavy (non-hydrogen) atoms. The van der Waals surface area contributed by atoms with E-state index in [0.717, 1.165) is 40.3 Å². The van der Waals surface area contributed by atoms with Crippen molar-refractivity contribution in [3.8, 4) is 0 Å². The fourth-order valence-corrected chi connectivity index (χ4v) is 3.28. The first-order valence-corrected chi connectivity index (χ1v) is 7.72. The monoisotopic (exact) mass is 300 g/mol. The Balaban J connectivity index is 2.17. The van der Waals surface area contributed by atoms with Gasteiger partial charge in [0.1, 0.15) is 21.8 Å². The molecule has 96 valence electrons. The van der Waals surface area contributed by atoms with Crippen molar-refractivity contribution >= 4 is 34.9 Å². The fraction of sp³-hybridized carbons (Fsp3) is 0.455. The molecule has 4 nitrogen and oxygen atoms in total. The Morgan fingerprint density at radius 3 is 2.72 bits per heavy atom. The minimum atomic E-state index is 0.483. The molecule has 0 spiro atoms. The summed E-state index contributed by atoms with van der Waals surface area (Å²) in [6, 6.07) is 1.76. The van der Waals surface area contributed by atoms with Crippen LogP contribution in [0.2, 0.25) is 5.15 Å². The van der Waals surface area contributed by atoms with Crippen LogP contribution in [-0.2, 0) is 12.8 Å². The molecule has 2 aromatic heterocycles. The average molecular weight is 301 g/mol. The molecule has 2 rings (SSSR count). The van der Waals surface area contributed by atoms with E-state index in [4.69, 9.17) is 11.6 Å². The van der Waals surface area contributed by atoms with Crippen LogP contribution >= 0.6 is 34.9 Å². The molecule has 0 aromatic carbocycles. The smallest absolute Gasteiger partial charge is 0.176 e. The molecule has 0 aliphatic rings. The van der Waals surface area contributed by atoms with Gasteiger partial charge in [-0.25, -0.2) is 15.0 Å². The molecule has 0 amide bonds. The van der Waals surface area contributed by atoms with Gasteiger partial charge in [-0.15, -0.1) is 0 Å². The molecule has 0 radical (unpaired) electrons. The molecule has 0 saturated heterocycles. The van der Waals surface area contributed by atoms with Gasteiger partial charge in [0.25, 0.3) is 0 Å². The van der Waals surface area contributed by atoms with Crippen molar-refractivity contribution < 1.29 is 0 Å². The number of aryl methyl sites for hydroxylation is 2. The quantitative estimate of drug-likeness (QED) is 0.789. The van der Waals surface area contributed by atoms with Crippen molar-refractivity contribution in [2.45, 2.75) is 42.5 Å². The molecule has 0 saturated carbocycles. The zero-order valence-electron chi connectivity index (χ0n) is 10.2. The third-order valence-corrected chi connectivity index (χ3v) is 4.05. The van der Waals surface area contributed by atoms with E-state index in [0.29, 0.717) is 5.15 Å². The number of aromatic nitrogens is 4. The van der Waals surface area contributed by atoms with Crippen LogP contribution in [0, 0.1) is 0 Å². The third kappa shape index (κ3) is 3.63. The van der Waals surface area contributed by atoms with Gasteiger partial charge in [0.05, 0.1) is 0 Å². The molecule has 0 N–H and O–H groups in total. The number of nitrogens with zero attached hydrogens (tertiary/aromatic N) is 4. The minimum absolute atomic E-state index is 0.483. The van der Waals surface area contributed by atoms with E-state index in [-0.39, 0.29) is 0 Å².